The largest absolute Gasteiger partial charge is 0.352 e. The van der Waals surface area contributed by atoms with E-state index in [4.69, 9.17) is 0 Å². The number of benzene rings is 1. The van der Waals surface area contributed by atoms with Crippen LogP contribution in [0.5, 0.6) is 0 Å². The second kappa shape index (κ2) is 6.11. The van der Waals surface area contributed by atoms with Crippen molar-refractivity contribution in [1.29, 1.82) is 0 Å². The third kappa shape index (κ3) is 3.05. The molecule has 4 bridgehead atoms. The molecule has 5 nitrogen and oxygen atoms in total. The molecule has 5 heteroatoms. The van der Waals surface area contributed by atoms with Gasteiger partial charge in [-0.2, -0.15) is 0 Å². The molecule has 1 N–H and O–H groups in total. The number of nitrogens with one attached hydrogen (secondary N) is 1. The third-order valence-corrected chi connectivity index (χ3v) is 6.77. The van der Waals surface area contributed by atoms with Crippen LogP contribution < -0.4 is 5.32 Å². The normalized spacial score (nSPS) is 32.6. The standard InChI is InChI=1S/C20H26N2O3/c1-13-3-2-4-17(18(13)22(24)25)19(23)21-6-5-20-10-14-7-15(11-20)9-16(8-14)12-20/h2-4,14-16H,5-12H2,1H3,(H,21,23). The van der Waals surface area contributed by atoms with Crippen LogP contribution in [0.2, 0.25) is 0 Å². The van der Waals surface area contributed by atoms with Crippen molar-refractivity contribution in [1.82, 2.24) is 5.32 Å². The molecule has 0 spiro atoms. The van der Waals surface area contributed by atoms with Crippen LogP contribution in [0.15, 0.2) is 18.2 Å². The zero-order valence-electron chi connectivity index (χ0n) is 14.8. The first-order chi connectivity index (χ1) is 12.0. The molecule has 0 saturated heterocycles. The van der Waals surface area contributed by atoms with E-state index in [1.807, 2.05) is 0 Å². The van der Waals surface area contributed by atoms with E-state index in [0.717, 1.165) is 24.2 Å². The molecule has 1 amide bonds. The molecule has 1 aromatic carbocycles. The number of carbonyl (C=O) groups is 1. The van der Waals surface area contributed by atoms with Crippen molar-refractivity contribution in [2.45, 2.75) is 51.9 Å². The first-order valence-corrected chi connectivity index (χ1v) is 9.48. The lowest BCUT2D eigenvalue weighted by Crippen LogP contribution is -2.47. The van der Waals surface area contributed by atoms with Gasteiger partial charge in [-0.15, -0.1) is 0 Å². The van der Waals surface area contributed by atoms with Crippen molar-refractivity contribution in [3.63, 3.8) is 0 Å². The first kappa shape index (κ1) is 16.6. The number of nitrogens with zero attached hydrogens (tertiary/aromatic N) is 1. The summed E-state index contributed by atoms with van der Waals surface area (Å²) in [5.41, 5.74) is 1.05. The van der Waals surface area contributed by atoms with Crippen molar-refractivity contribution >= 4 is 11.6 Å². The number of carbonyl (C=O) groups excluding carboxylic acids is 1. The van der Waals surface area contributed by atoms with Crippen LogP contribution in [0.1, 0.15) is 60.9 Å². The maximum absolute atomic E-state index is 12.5. The number of nitro groups is 1. The predicted octanol–water partition coefficient (Wildman–Crippen LogP) is 4.24. The fraction of sp³-hybridized carbons (Fsp3) is 0.650. The lowest BCUT2D eigenvalue weighted by Gasteiger charge is -2.57. The fourth-order valence-corrected chi connectivity index (χ4v) is 6.22. The van der Waals surface area contributed by atoms with Gasteiger partial charge in [0.1, 0.15) is 5.56 Å². The zero-order chi connectivity index (χ0) is 17.6. The quantitative estimate of drug-likeness (QED) is 0.642. The Morgan fingerprint density at radius 2 is 1.80 bits per heavy atom. The maximum atomic E-state index is 12.5. The highest BCUT2D eigenvalue weighted by atomic mass is 16.6. The Kier molecular flexibility index (Phi) is 4.05. The SMILES string of the molecule is Cc1cccc(C(=O)NCCC23CC4CC(CC(C4)C2)C3)c1[N+](=O)[O-]. The summed E-state index contributed by atoms with van der Waals surface area (Å²) in [7, 11) is 0. The molecule has 0 aromatic heterocycles. The lowest BCUT2D eigenvalue weighted by atomic mass is 9.49. The molecule has 5 rings (SSSR count). The van der Waals surface area contributed by atoms with E-state index in [0.29, 0.717) is 17.5 Å². The van der Waals surface area contributed by atoms with Crippen molar-refractivity contribution in [3.8, 4) is 0 Å². The molecular formula is C20H26N2O3. The number of hydrogen-bond acceptors (Lipinski definition) is 3. The fourth-order valence-electron chi connectivity index (χ4n) is 6.22. The minimum atomic E-state index is -0.455. The molecular weight excluding hydrogens is 316 g/mol. The minimum Gasteiger partial charge on any atom is -0.352 e. The van der Waals surface area contributed by atoms with Crippen molar-refractivity contribution in [3.05, 3.63) is 39.4 Å². The molecule has 4 aliphatic carbocycles. The predicted molar refractivity (Wildman–Crippen MR) is 95.4 cm³/mol. The highest BCUT2D eigenvalue weighted by molar-refractivity contribution is 5.98. The molecule has 4 saturated carbocycles. The Morgan fingerprint density at radius 1 is 1.20 bits per heavy atom. The number of amides is 1. The summed E-state index contributed by atoms with van der Waals surface area (Å²) in [5.74, 6) is 2.39. The van der Waals surface area contributed by atoms with Gasteiger partial charge in [-0.1, -0.05) is 12.1 Å². The van der Waals surface area contributed by atoms with E-state index in [9.17, 15) is 14.9 Å². The summed E-state index contributed by atoms with van der Waals surface area (Å²) in [6.45, 7) is 2.29. The lowest BCUT2D eigenvalue weighted by molar-refractivity contribution is -0.385. The number of nitro benzene ring substituents is 1. The Balaban J connectivity index is 1.40. The summed E-state index contributed by atoms with van der Waals surface area (Å²) in [6.07, 6.45) is 9.23. The zero-order valence-corrected chi connectivity index (χ0v) is 14.8. The van der Waals surface area contributed by atoms with Gasteiger partial charge in [0.25, 0.3) is 11.6 Å². The Morgan fingerprint density at radius 3 is 2.36 bits per heavy atom. The van der Waals surface area contributed by atoms with Gasteiger partial charge in [-0.25, -0.2) is 0 Å². The average Bonchev–Trinajstić information content (AvgIpc) is 2.52. The van der Waals surface area contributed by atoms with Gasteiger partial charge in [-0.05, 0) is 81.1 Å². The van der Waals surface area contributed by atoms with Crippen molar-refractivity contribution in [2.24, 2.45) is 23.2 Å². The Bertz CT molecular complexity index is 678. The summed E-state index contributed by atoms with van der Waals surface area (Å²) >= 11 is 0. The molecule has 0 radical (unpaired) electrons. The van der Waals surface area contributed by atoms with Gasteiger partial charge in [-0.3, -0.25) is 14.9 Å². The van der Waals surface area contributed by atoms with Crippen LogP contribution in [0.25, 0.3) is 0 Å². The molecule has 1 aromatic rings. The molecule has 0 atom stereocenters. The third-order valence-electron chi connectivity index (χ3n) is 6.77. The maximum Gasteiger partial charge on any atom is 0.285 e. The monoisotopic (exact) mass is 342 g/mol. The van der Waals surface area contributed by atoms with E-state index in [1.54, 1.807) is 25.1 Å². The second-order valence-corrected chi connectivity index (χ2v) is 8.65. The summed E-state index contributed by atoms with van der Waals surface area (Å²) in [5, 5.41) is 14.2. The summed E-state index contributed by atoms with van der Waals surface area (Å²) in [4.78, 5) is 23.3. The number of para-hydroxylation sites is 1. The molecule has 0 aliphatic heterocycles. The Hall–Kier alpha value is -1.91. The molecule has 4 aliphatic rings. The number of hydrogen-bond donors (Lipinski definition) is 1. The van der Waals surface area contributed by atoms with Gasteiger partial charge in [0, 0.05) is 12.1 Å². The van der Waals surface area contributed by atoms with Gasteiger partial charge in [0.05, 0.1) is 4.92 Å². The van der Waals surface area contributed by atoms with E-state index in [-0.39, 0.29) is 17.2 Å². The van der Waals surface area contributed by atoms with E-state index in [2.05, 4.69) is 5.32 Å². The topological polar surface area (TPSA) is 72.2 Å². The number of aryl methyl sites for hydroxylation is 1. The molecule has 134 valence electrons. The Labute approximate surface area is 148 Å². The van der Waals surface area contributed by atoms with Crippen molar-refractivity contribution in [2.75, 3.05) is 6.54 Å². The van der Waals surface area contributed by atoms with E-state index in [1.165, 1.54) is 38.5 Å². The highest BCUT2D eigenvalue weighted by Gasteiger charge is 2.50. The van der Waals surface area contributed by atoms with Crippen LogP contribution in [0, 0.1) is 40.2 Å². The van der Waals surface area contributed by atoms with Gasteiger partial charge in [0.15, 0.2) is 0 Å². The summed E-state index contributed by atoms with van der Waals surface area (Å²) in [6, 6.07) is 4.92. The second-order valence-electron chi connectivity index (χ2n) is 8.65. The smallest absolute Gasteiger partial charge is 0.285 e. The molecule has 4 fully saturated rings. The van der Waals surface area contributed by atoms with Crippen LogP contribution in [0.4, 0.5) is 5.69 Å². The van der Waals surface area contributed by atoms with E-state index >= 15 is 0 Å². The number of rotatable bonds is 5. The highest BCUT2D eigenvalue weighted by Crippen LogP contribution is 2.61. The summed E-state index contributed by atoms with van der Waals surface area (Å²) < 4.78 is 0. The van der Waals surface area contributed by atoms with Crippen LogP contribution in [-0.4, -0.2) is 17.4 Å². The van der Waals surface area contributed by atoms with E-state index < -0.39 is 4.92 Å². The minimum absolute atomic E-state index is 0.0743. The van der Waals surface area contributed by atoms with Gasteiger partial charge < -0.3 is 5.32 Å². The van der Waals surface area contributed by atoms with Crippen LogP contribution >= 0.6 is 0 Å². The van der Waals surface area contributed by atoms with Crippen molar-refractivity contribution < 1.29 is 9.72 Å². The average molecular weight is 342 g/mol. The van der Waals surface area contributed by atoms with Crippen LogP contribution in [0.3, 0.4) is 0 Å². The molecule has 0 heterocycles. The van der Waals surface area contributed by atoms with Crippen LogP contribution in [-0.2, 0) is 0 Å². The van der Waals surface area contributed by atoms with Gasteiger partial charge >= 0.3 is 0 Å². The first-order valence-electron chi connectivity index (χ1n) is 9.48. The van der Waals surface area contributed by atoms with Gasteiger partial charge in [0.2, 0.25) is 0 Å². The molecule has 0 unspecified atom stereocenters. The molecule has 25 heavy (non-hydrogen) atoms.